The van der Waals surface area contributed by atoms with Crippen molar-refractivity contribution in [1.82, 2.24) is 20.3 Å². The topological polar surface area (TPSA) is 157 Å². The van der Waals surface area contributed by atoms with Gasteiger partial charge in [-0.2, -0.15) is 4.72 Å². The van der Waals surface area contributed by atoms with Crippen LogP contribution in [0, 0.1) is 23.7 Å². The molecule has 5 N–H and O–H groups in total. The Hall–Kier alpha value is -3.70. The van der Waals surface area contributed by atoms with Crippen LogP contribution in [-0.2, 0) is 37.2 Å². The van der Waals surface area contributed by atoms with Gasteiger partial charge in [0, 0.05) is 36.5 Å². The molecule has 10 nitrogen and oxygen atoms in total. The van der Waals surface area contributed by atoms with Crippen LogP contribution in [0.1, 0.15) is 63.0 Å². The van der Waals surface area contributed by atoms with Gasteiger partial charge in [-0.1, -0.05) is 48.5 Å². The molecule has 4 fully saturated rings. The Kier molecular flexibility index (Phi) is 9.25. The molecule has 3 aromatic rings. The standard InChI is InChI=1S/C35H44N4O6S/c1-35(19-27-20-36-30-10-6-5-9-29(27)30,39-46(44,45)33-25-14-23-13-24(16-25)17-26(33)15-23)34(43)38-28(18-22-7-3-2-4-8-22)21-37-31(40)11-12-32(41)42/h2-10,20,23-26,28,33,36,39H,11-19,21H2,1H3,(H,37,40)(H,38,43)(H,41,42)/t23?,24?,25?,26?,28-,33?,35+/m0/s1. The summed E-state index contributed by atoms with van der Waals surface area (Å²) in [5.41, 5.74) is 1.12. The number of benzene rings is 2. The minimum absolute atomic E-state index is 0.0601. The average molecular weight is 649 g/mol. The van der Waals surface area contributed by atoms with Gasteiger partial charge < -0.3 is 20.7 Å². The number of H-pyrrole nitrogens is 1. The molecule has 1 heterocycles. The second-order valence-electron chi connectivity index (χ2n) is 14.0. The number of carbonyl (C=O) groups is 3. The predicted octanol–water partition coefficient (Wildman–Crippen LogP) is 3.92. The van der Waals surface area contributed by atoms with Crippen LogP contribution in [0.25, 0.3) is 10.9 Å². The Labute approximate surface area is 270 Å². The summed E-state index contributed by atoms with van der Waals surface area (Å²) < 4.78 is 31.7. The van der Waals surface area contributed by atoms with Gasteiger partial charge in [-0.3, -0.25) is 14.4 Å². The summed E-state index contributed by atoms with van der Waals surface area (Å²) >= 11 is 0. The summed E-state index contributed by atoms with van der Waals surface area (Å²) in [6.45, 7) is 1.72. The van der Waals surface area contributed by atoms with Gasteiger partial charge in [0.05, 0.1) is 17.7 Å². The van der Waals surface area contributed by atoms with Crippen LogP contribution < -0.4 is 15.4 Å². The normalized spacial score (nSPS) is 25.5. The van der Waals surface area contributed by atoms with Gasteiger partial charge in [-0.15, -0.1) is 0 Å². The van der Waals surface area contributed by atoms with Gasteiger partial charge in [-0.05, 0) is 86.3 Å². The number of hydrogen-bond acceptors (Lipinski definition) is 5. The first-order chi connectivity index (χ1) is 22.0. The molecule has 2 atom stereocenters. The largest absolute Gasteiger partial charge is 0.481 e. The number of aromatic nitrogens is 1. The maximum Gasteiger partial charge on any atom is 0.303 e. The van der Waals surface area contributed by atoms with E-state index in [2.05, 4.69) is 20.3 Å². The SMILES string of the molecule is C[C@](Cc1c[nH]c2ccccc12)(NS(=O)(=O)C1C2CC3CC(C2)CC1C3)C(=O)N[C@H](CNC(=O)CCC(=O)O)Cc1ccccc1. The zero-order valence-corrected chi connectivity index (χ0v) is 27.0. The van der Waals surface area contributed by atoms with Crippen molar-refractivity contribution in [2.24, 2.45) is 23.7 Å². The van der Waals surface area contributed by atoms with Crippen LogP contribution in [0.4, 0.5) is 0 Å². The lowest BCUT2D eigenvalue weighted by Gasteiger charge is -2.54. The molecule has 1 aromatic heterocycles. The highest BCUT2D eigenvalue weighted by Gasteiger charge is 2.54. The number of aromatic amines is 1. The van der Waals surface area contributed by atoms with E-state index < -0.39 is 44.6 Å². The van der Waals surface area contributed by atoms with Gasteiger partial charge in [-0.25, -0.2) is 8.42 Å². The maximum atomic E-state index is 14.4. The summed E-state index contributed by atoms with van der Waals surface area (Å²) in [5, 5.41) is 15.2. The minimum Gasteiger partial charge on any atom is -0.481 e. The number of para-hydroxylation sites is 1. The van der Waals surface area contributed by atoms with Crippen molar-refractivity contribution in [2.45, 2.75) is 81.5 Å². The van der Waals surface area contributed by atoms with Gasteiger partial charge in [0.15, 0.2) is 0 Å². The highest BCUT2D eigenvalue weighted by atomic mass is 32.2. The minimum atomic E-state index is -3.89. The number of carboxylic acid groups (broad SMARTS) is 1. The lowest BCUT2D eigenvalue weighted by Crippen LogP contribution is -2.64. The maximum absolute atomic E-state index is 14.4. The first kappa shape index (κ1) is 32.2. The molecule has 11 heteroatoms. The fourth-order valence-electron chi connectivity index (χ4n) is 8.55. The highest BCUT2D eigenvalue weighted by Crippen LogP contribution is 2.55. The number of sulfonamides is 1. The molecule has 0 saturated heterocycles. The number of amides is 2. The third kappa shape index (κ3) is 7.15. The summed E-state index contributed by atoms with van der Waals surface area (Å²) in [5.74, 6) is -0.533. The van der Waals surface area contributed by atoms with Crippen LogP contribution in [0.15, 0.2) is 60.8 Å². The molecule has 46 heavy (non-hydrogen) atoms. The highest BCUT2D eigenvalue weighted by molar-refractivity contribution is 7.90. The van der Waals surface area contributed by atoms with Crippen molar-refractivity contribution >= 4 is 38.7 Å². The summed E-state index contributed by atoms with van der Waals surface area (Å²) in [7, 11) is -3.89. The van der Waals surface area contributed by atoms with Gasteiger partial charge in [0.1, 0.15) is 5.54 Å². The first-order valence-electron chi connectivity index (χ1n) is 16.4. The fourth-order valence-corrected chi connectivity index (χ4v) is 10.9. The van der Waals surface area contributed by atoms with Crippen LogP contribution >= 0.6 is 0 Å². The quantitative estimate of drug-likeness (QED) is 0.178. The Balaban J connectivity index is 1.27. The Morgan fingerprint density at radius 1 is 0.935 bits per heavy atom. The van der Waals surface area contributed by atoms with Gasteiger partial charge in [0.25, 0.3) is 0 Å². The van der Waals surface area contributed by atoms with Crippen molar-refractivity contribution in [3.8, 4) is 0 Å². The number of hydrogen-bond donors (Lipinski definition) is 5. The molecule has 4 bridgehead atoms. The zero-order chi connectivity index (χ0) is 32.5. The molecule has 246 valence electrons. The molecular formula is C35H44N4O6S. The number of aliphatic carboxylic acids is 1. The van der Waals surface area contributed by atoms with Crippen molar-refractivity contribution in [3.05, 3.63) is 71.9 Å². The average Bonchev–Trinajstić information content (AvgIpc) is 3.40. The van der Waals surface area contributed by atoms with Crippen molar-refractivity contribution in [2.75, 3.05) is 6.54 Å². The zero-order valence-electron chi connectivity index (χ0n) is 26.2. The van der Waals surface area contributed by atoms with Crippen molar-refractivity contribution in [3.63, 3.8) is 0 Å². The van der Waals surface area contributed by atoms with Crippen LogP contribution in [0.2, 0.25) is 0 Å². The summed E-state index contributed by atoms with van der Waals surface area (Å²) in [4.78, 5) is 41.1. The van der Waals surface area contributed by atoms with Crippen LogP contribution in [-0.4, -0.2) is 59.7 Å². The third-order valence-electron chi connectivity index (χ3n) is 10.4. The lowest BCUT2D eigenvalue weighted by molar-refractivity contribution is -0.138. The van der Waals surface area contributed by atoms with E-state index in [-0.39, 0.29) is 37.6 Å². The van der Waals surface area contributed by atoms with Crippen LogP contribution in [0.3, 0.4) is 0 Å². The fraction of sp³-hybridized carbons (Fsp3) is 0.514. The van der Waals surface area contributed by atoms with Crippen molar-refractivity contribution < 1.29 is 27.9 Å². The monoisotopic (exact) mass is 648 g/mol. The van der Waals surface area contributed by atoms with E-state index >= 15 is 0 Å². The second-order valence-corrected chi connectivity index (χ2v) is 15.8. The first-order valence-corrected chi connectivity index (χ1v) is 17.9. The molecule has 2 amide bonds. The molecule has 0 radical (unpaired) electrons. The van der Waals surface area contributed by atoms with Gasteiger partial charge >= 0.3 is 5.97 Å². The van der Waals surface area contributed by atoms with E-state index in [0.717, 1.165) is 47.7 Å². The molecular weight excluding hydrogens is 604 g/mol. The van der Waals surface area contributed by atoms with E-state index in [1.807, 2.05) is 60.8 Å². The summed E-state index contributed by atoms with van der Waals surface area (Å²) in [6.07, 6.45) is 6.82. The molecule has 4 aliphatic carbocycles. The smallest absolute Gasteiger partial charge is 0.303 e. The molecule has 2 aromatic carbocycles. The number of nitrogens with one attached hydrogen (secondary N) is 4. The Bertz CT molecular complexity index is 1660. The predicted molar refractivity (Wildman–Crippen MR) is 175 cm³/mol. The molecule has 0 spiro atoms. The summed E-state index contributed by atoms with van der Waals surface area (Å²) in [6, 6.07) is 16.7. The molecule has 4 aliphatic rings. The Morgan fingerprint density at radius 3 is 2.26 bits per heavy atom. The number of carboxylic acids is 1. The molecule has 0 unspecified atom stereocenters. The Morgan fingerprint density at radius 2 is 1.59 bits per heavy atom. The lowest BCUT2D eigenvalue weighted by atomic mass is 9.56. The van der Waals surface area contributed by atoms with E-state index in [0.29, 0.717) is 18.3 Å². The molecule has 4 saturated carbocycles. The van der Waals surface area contributed by atoms with E-state index in [4.69, 9.17) is 5.11 Å². The second kappa shape index (κ2) is 13.2. The number of carbonyl (C=O) groups excluding carboxylic acids is 2. The van der Waals surface area contributed by atoms with Crippen molar-refractivity contribution in [1.29, 1.82) is 0 Å². The van der Waals surface area contributed by atoms with Crippen LogP contribution in [0.5, 0.6) is 0 Å². The molecule has 0 aliphatic heterocycles. The van der Waals surface area contributed by atoms with E-state index in [9.17, 15) is 22.8 Å². The third-order valence-corrected chi connectivity index (χ3v) is 12.6. The number of rotatable bonds is 14. The number of fused-ring (bicyclic) bond motifs is 1. The van der Waals surface area contributed by atoms with E-state index in [1.165, 1.54) is 6.42 Å². The van der Waals surface area contributed by atoms with E-state index in [1.54, 1.807) is 6.92 Å². The molecule has 7 rings (SSSR count). The van der Waals surface area contributed by atoms with Gasteiger partial charge in [0.2, 0.25) is 21.8 Å².